The van der Waals surface area contributed by atoms with Gasteiger partial charge in [0.2, 0.25) is 9.04 Å². The summed E-state index contributed by atoms with van der Waals surface area (Å²) < 4.78 is 6.18. The fourth-order valence-electron chi connectivity index (χ4n) is 2.21. The van der Waals surface area contributed by atoms with Crippen LogP contribution in [0.25, 0.3) is 0 Å². The summed E-state index contributed by atoms with van der Waals surface area (Å²) in [5, 5.41) is 1.52. The molecule has 0 aliphatic carbocycles. The predicted molar refractivity (Wildman–Crippen MR) is 65.7 cm³/mol. The number of fused-ring (bicyclic) bond motifs is 1. The quantitative estimate of drug-likeness (QED) is 0.707. The van der Waals surface area contributed by atoms with E-state index in [0.717, 1.165) is 0 Å². The molecule has 0 saturated heterocycles. The summed E-state index contributed by atoms with van der Waals surface area (Å²) >= 11 is 0. The van der Waals surface area contributed by atoms with Crippen molar-refractivity contribution in [1.82, 2.24) is 0 Å². The highest BCUT2D eigenvalue weighted by molar-refractivity contribution is 6.68. The van der Waals surface area contributed by atoms with Crippen LogP contribution in [-0.2, 0) is 4.43 Å². The standard InChI is InChI=1S/C13H19OSi/c1-3-5-9-12-11-8-6-7-10-13(11)15(4-2)14-12/h6-8,10,12H,3-5,9H2,1-2H3. The van der Waals surface area contributed by atoms with E-state index in [4.69, 9.17) is 4.43 Å². The van der Waals surface area contributed by atoms with Gasteiger partial charge < -0.3 is 4.43 Å². The maximum Gasteiger partial charge on any atom is 0.247 e. The van der Waals surface area contributed by atoms with E-state index >= 15 is 0 Å². The third kappa shape index (κ3) is 2.16. The van der Waals surface area contributed by atoms with Crippen molar-refractivity contribution in [1.29, 1.82) is 0 Å². The molecule has 1 atom stereocenters. The van der Waals surface area contributed by atoms with Crippen LogP contribution in [0.5, 0.6) is 0 Å². The summed E-state index contributed by atoms with van der Waals surface area (Å²) in [6, 6.07) is 9.98. The summed E-state index contributed by atoms with van der Waals surface area (Å²) in [5.41, 5.74) is 1.47. The van der Waals surface area contributed by atoms with Crippen LogP contribution >= 0.6 is 0 Å². The van der Waals surface area contributed by atoms with Gasteiger partial charge >= 0.3 is 0 Å². The second-order valence-electron chi connectivity index (χ2n) is 4.11. The molecule has 1 radical (unpaired) electrons. The summed E-state index contributed by atoms with van der Waals surface area (Å²) in [6.45, 7) is 4.49. The summed E-state index contributed by atoms with van der Waals surface area (Å²) in [6.07, 6.45) is 4.13. The number of benzene rings is 1. The van der Waals surface area contributed by atoms with E-state index in [-0.39, 0.29) is 0 Å². The fraction of sp³-hybridized carbons (Fsp3) is 0.538. The summed E-state index contributed by atoms with van der Waals surface area (Å²) in [4.78, 5) is 0. The maximum absolute atomic E-state index is 6.18. The molecule has 0 saturated carbocycles. The molecule has 1 aromatic rings. The van der Waals surface area contributed by atoms with Crippen LogP contribution < -0.4 is 5.19 Å². The molecule has 1 aliphatic heterocycles. The van der Waals surface area contributed by atoms with Gasteiger partial charge in [-0.25, -0.2) is 0 Å². The monoisotopic (exact) mass is 219 g/mol. The van der Waals surface area contributed by atoms with Gasteiger partial charge in [0, 0.05) is 0 Å². The van der Waals surface area contributed by atoms with E-state index in [1.807, 2.05) is 0 Å². The molecule has 0 bridgehead atoms. The number of hydrogen-bond donors (Lipinski definition) is 0. The molecule has 1 unspecified atom stereocenters. The van der Waals surface area contributed by atoms with Crippen LogP contribution in [-0.4, -0.2) is 9.04 Å². The molecular weight excluding hydrogens is 200 g/mol. The first-order chi connectivity index (χ1) is 7.36. The second kappa shape index (κ2) is 4.95. The van der Waals surface area contributed by atoms with Crippen LogP contribution in [0, 0.1) is 0 Å². The molecule has 0 N–H and O–H groups in total. The van der Waals surface area contributed by atoms with Crippen molar-refractivity contribution in [2.75, 3.05) is 0 Å². The Balaban J connectivity index is 2.18. The van der Waals surface area contributed by atoms with E-state index in [2.05, 4.69) is 38.1 Å². The average Bonchev–Trinajstić information content (AvgIpc) is 2.65. The smallest absolute Gasteiger partial charge is 0.247 e. The molecule has 1 heterocycles. The first-order valence-electron chi connectivity index (χ1n) is 5.98. The normalized spacial score (nSPS) is 20.5. The van der Waals surface area contributed by atoms with Gasteiger partial charge in [-0.3, -0.25) is 0 Å². The minimum absolute atomic E-state index is 0.398. The van der Waals surface area contributed by atoms with Gasteiger partial charge in [-0.1, -0.05) is 51.0 Å². The fourth-order valence-corrected chi connectivity index (χ4v) is 4.32. The van der Waals surface area contributed by atoms with Crippen molar-refractivity contribution >= 4 is 14.2 Å². The van der Waals surface area contributed by atoms with Gasteiger partial charge in [0.05, 0.1) is 6.10 Å². The van der Waals surface area contributed by atoms with Crippen molar-refractivity contribution in [3.8, 4) is 0 Å². The van der Waals surface area contributed by atoms with Crippen molar-refractivity contribution in [3.63, 3.8) is 0 Å². The van der Waals surface area contributed by atoms with Crippen molar-refractivity contribution in [3.05, 3.63) is 29.8 Å². The Morgan fingerprint density at radius 3 is 2.80 bits per heavy atom. The molecule has 81 valence electrons. The molecular formula is C13H19OSi. The molecule has 1 aliphatic rings. The van der Waals surface area contributed by atoms with E-state index < -0.39 is 9.04 Å². The number of unbranched alkanes of at least 4 members (excludes halogenated alkanes) is 1. The zero-order valence-corrected chi connectivity index (χ0v) is 10.6. The Morgan fingerprint density at radius 2 is 2.07 bits per heavy atom. The Hall–Kier alpha value is -0.603. The lowest BCUT2D eigenvalue weighted by molar-refractivity contribution is 0.208. The lowest BCUT2D eigenvalue weighted by Crippen LogP contribution is -2.26. The SMILES string of the molecule is CCCCC1O[Si](CC)c2ccccc21. The van der Waals surface area contributed by atoms with Gasteiger partial charge in [-0.15, -0.1) is 0 Å². The van der Waals surface area contributed by atoms with E-state index in [1.54, 1.807) is 0 Å². The molecule has 0 spiro atoms. The molecule has 0 fully saturated rings. The number of rotatable bonds is 4. The van der Waals surface area contributed by atoms with Gasteiger partial charge in [0.15, 0.2) is 0 Å². The lowest BCUT2D eigenvalue weighted by atomic mass is 10.0. The van der Waals surface area contributed by atoms with Gasteiger partial charge in [-0.05, 0) is 23.2 Å². The van der Waals surface area contributed by atoms with Crippen molar-refractivity contribution < 1.29 is 4.43 Å². The van der Waals surface area contributed by atoms with Crippen LogP contribution in [0.4, 0.5) is 0 Å². The minimum Gasteiger partial charge on any atom is -0.405 e. The first kappa shape index (κ1) is 10.9. The average molecular weight is 219 g/mol. The highest BCUT2D eigenvalue weighted by atomic mass is 28.3. The number of hydrogen-bond acceptors (Lipinski definition) is 1. The van der Waals surface area contributed by atoms with Gasteiger partial charge in [0.1, 0.15) is 0 Å². The molecule has 2 rings (SSSR count). The molecule has 0 aromatic heterocycles. The summed E-state index contributed by atoms with van der Waals surface area (Å²) in [7, 11) is -0.686. The second-order valence-corrected chi connectivity index (χ2v) is 6.44. The van der Waals surface area contributed by atoms with Gasteiger partial charge in [-0.2, -0.15) is 0 Å². The lowest BCUT2D eigenvalue weighted by Gasteiger charge is -2.12. The third-order valence-corrected chi connectivity index (χ3v) is 5.30. The molecule has 1 nitrogen and oxygen atoms in total. The van der Waals surface area contributed by atoms with Gasteiger partial charge in [0.25, 0.3) is 0 Å². The molecule has 2 heteroatoms. The van der Waals surface area contributed by atoms with Crippen LogP contribution in [0.15, 0.2) is 24.3 Å². The third-order valence-electron chi connectivity index (χ3n) is 3.03. The predicted octanol–water partition coefficient (Wildman–Crippen LogP) is 3.17. The molecule has 0 amide bonds. The zero-order valence-electron chi connectivity index (χ0n) is 9.62. The van der Waals surface area contributed by atoms with Crippen LogP contribution in [0.2, 0.25) is 6.04 Å². The van der Waals surface area contributed by atoms with E-state index in [1.165, 1.54) is 36.1 Å². The van der Waals surface area contributed by atoms with E-state index in [0.29, 0.717) is 6.10 Å². The van der Waals surface area contributed by atoms with Crippen LogP contribution in [0.1, 0.15) is 44.8 Å². The van der Waals surface area contributed by atoms with E-state index in [9.17, 15) is 0 Å². The summed E-state index contributed by atoms with van der Waals surface area (Å²) in [5.74, 6) is 0. The first-order valence-corrected chi connectivity index (χ1v) is 7.60. The maximum atomic E-state index is 6.18. The van der Waals surface area contributed by atoms with Crippen molar-refractivity contribution in [2.45, 2.75) is 45.3 Å². The largest absolute Gasteiger partial charge is 0.405 e. The molecule has 15 heavy (non-hydrogen) atoms. The molecule has 1 aromatic carbocycles. The zero-order chi connectivity index (χ0) is 10.7. The van der Waals surface area contributed by atoms with Crippen molar-refractivity contribution in [2.24, 2.45) is 0 Å². The Kier molecular flexibility index (Phi) is 3.60. The Labute approximate surface area is 94.2 Å². The van der Waals surface area contributed by atoms with Crippen LogP contribution in [0.3, 0.4) is 0 Å². The Morgan fingerprint density at radius 1 is 1.27 bits per heavy atom. The Bertz CT molecular complexity index is 324. The highest BCUT2D eigenvalue weighted by Gasteiger charge is 2.31. The minimum atomic E-state index is -0.686. The topological polar surface area (TPSA) is 9.23 Å². The highest BCUT2D eigenvalue weighted by Crippen LogP contribution is 2.29.